The molecular formula is C30H39N3O8. The molecule has 1 amide bonds. The van der Waals surface area contributed by atoms with Crippen molar-refractivity contribution in [3.63, 3.8) is 0 Å². The van der Waals surface area contributed by atoms with Crippen LogP contribution in [0.5, 0.6) is 5.75 Å². The summed E-state index contributed by atoms with van der Waals surface area (Å²) in [5.74, 6) is -6.67. The summed E-state index contributed by atoms with van der Waals surface area (Å²) in [6, 6.07) is 0.713. The number of amides is 1. The number of aromatic hydroxyl groups is 1. The van der Waals surface area contributed by atoms with Gasteiger partial charge in [-0.1, -0.05) is 12.8 Å². The van der Waals surface area contributed by atoms with Gasteiger partial charge in [0.2, 0.25) is 5.78 Å². The van der Waals surface area contributed by atoms with Gasteiger partial charge in [-0.2, -0.15) is 0 Å². The predicted molar refractivity (Wildman–Crippen MR) is 150 cm³/mol. The largest absolute Gasteiger partial charge is 0.508 e. The topological polar surface area (TPSA) is 185 Å². The summed E-state index contributed by atoms with van der Waals surface area (Å²) in [4.78, 5) is 42.8. The first kappa shape index (κ1) is 29.1. The second-order valence-electron chi connectivity index (χ2n) is 12.5. The molecule has 11 heteroatoms. The third kappa shape index (κ3) is 4.24. The average Bonchev–Trinajstić information content (AvgIpc) is 3.31. The van der Waals surface area contributed by atoms with E-state index in [1.165, 1.54) is 4.90 Å². The van der Waals surface area contributed by atoms with Crippen molar-refractivity contribution in [2.45, 2.75) is 68.6 Å². The van der Waals surface area contributed by atoms with Gasteiger partial charge in [0, 0.05) is 31.3 Å². The quantitative estimate of drug-likeness (QED) is 0.273. The Hall–Kier alpha value is -3.41. The number of nitrogens with two attached hydrogens (primary N) is 1. The lowest BCUT2D eigenvalue weighted by atomic mass is 9.57. The summed E-state index contributed by atoms with van der Waals surface area (Å²) in [5.41, 5.74) is 2.81. The van der Waals surface area contributed by atoms with Gasteiger partial charge in [-0.05, 0) is 75.7 Å². The number of fused-ring (bicyclic) bond motifs is 3. The molecule has 0 spiro atoms. The van der Waals surface area contributed by atoms with Gasteiger partial charge in [-0.25, -0.2) is 0 Å². The van der Waals surface area contributed by atoms with Crippen molar-refractivity contribution >= 4 is 28.9 Å². The lowest BCUT2D eigenvalue weighted by Gasteiger charge is -2.50. The number of nitrogens with zero attached hydrogens (tertiary/aromatic N) is 2. The molecule has 0 radical (unpaired) electrons. The van der Waals surface area contributed by atoms with Crippen molar-refractivity contribution in [3.8, 4) is 5.75 Å². The van der Waals surface area contributed by atoms with Gasteiger partial charge in [0.1, 0.15) is 22.8 Å². The molecule has 0 heterocycles. The van der Waals surface area contributed by atoms with Crippen molar-refractivity contribution < 1.29 is 39.9 Å². The predicted octanol–water partition coefficient (Wildman–Crippen LogP) is 1.27. The van der Waals surface area contributed by atoms with Crippen LogP contribution in [0.3, 0.4) is 0 Å². The number of anilines is 1. The Morgan fingerprint density at radius 3 is 2.27 bits per heavy atom. The number of rotatable bonds is 6. The molecule has 1 aromatic carbocycles. The summed E-state index contributed by atoms with van der Waals surface area (Å²) < 4.78 is 0. The highest BCUT2D eigenvalue weighted by Gasteiger charge is 2.64. The number of aryl methyl sites for hydroxylation is 1. The number of primary amides is 1. The number of aliphatic hydroxyl groups excluding tert-OH is 2. The fourth-order valence-electron chi connectivity index (χ4n) is 7.59. The zero-order chi connectivity index (χ0) is 30.2. The first-order valence-corrected chi connectivity index (χ1v) is 14.1. The van der Waals surface area contributed by atoms with E-state index < -0.39 is 63.6 Å². The van der Waals surface area contributed by atoms with Gasteiger partial charge in [0.05, 0.1) is 17.2 Å². The molecule has 4 unspecified atom stereocenters. The van der Waals surface area contributed by atoms with Gasteiger partial charge in [0.25, 0.3) is 5.91 Å². The van der Waals surface area contributed by atoms with E-state index in [0.717, 1.165) is 18.5 Å². The van der Waals surface area contributed by atoms with Crippen molar-refractivity contribution in [2.24, 2.45) is 17.6 Å². The third-order valence-electron chi connectivity index (χ3n) is 9.65. The van der Waals surface area contributed by atoms with E-state index in [1.54, 1.807) is 14.1 Å². The molecule has 7 N–H and O–H groups in total. The number of Topliss-reactive ketones (excluding diaryl/α,β-unsaturated/α-hetero) is 2. The lowest BCUT2D eigenvalue weighted by Crippen LogP contribution is -2.65. The van der Waals surface area contributed by atoms with Crippen LogP contribution in [0.25, 0.3) is 5.76 Å². The van der Waals surface area contributed by atoms with Gasteiger partial charge in [-0.3, -0.25) is 19.3 Å². The number of ketones is 2. The highest BCUT2D eigenvalue weighted by Crippen LogP contribution is 2.54. The smallest absolute Gasteiger partial charge is 0.255 e. The van der Waals surface area contributed by atoms with Crippen LogP contribution >= 0.6 is 0 Å². The number of carbonyl (C=O) groups excluding carboxylic acids is 3. The number of phenolic OH excluding ortho intramolecular Hbond substituents is 1. The molecule has 2 fully saturated rings. The van der Waals surface area contributed by atoms with E-state index in [1.807, 2.05) is 25.1 Å². The van der Waals surface area contributed by atoms with Crippen molar-refractivity contribution in [3.05, 3.63) is 39.7 Å². The highest BCUT2D eigenvalue weighted by molar-refractivity contribution is 6.24. The number of benzene rings is 1. The van der Waals surface area contributed by atoms with Crippen LogP contribution in [0.4, 0.5) is 5.69 Å². The normalized spacial score (nSPS) is 29.0. The molecule has 5 rings (SSSR count). The van der Waals surface area contributed by atoms with E-state index in [2.05, 4.69) is 0 Å². The Balaban J connectivity index is 1.67. The molecular weight excluding hydrogens is 530 g/mol. The van der Waals surface area contributed by atoms with Crippen LogP contribution in [0.1, 0.15) is 55.2 Å². The summed E-state index contributed by atoms with van der Waals surface area (Å²) in [6.45, 7) is 0. The number of aliphatic hydroxyl groups is 4. The molecule has 4 atom stereocenters. The van der Waals surface area contributed by atoms with Gasteiger partial charge < -0.3 is 36.2 Å². The van der Waals surface area contributed by atoms with Crippen molar-refractivity contribution in [1.82, 2.24) is 4.90 Å². The minimum absolute atomic E-state index is 0.0359. The van der Waals surface area contributed by atoms with E-state index in [0.29, 0.717) is 36.8 Å². The molecule has 41 heavy (non-hydrogen) atoms. The molecule has 0 saturated heterocycles. The monoisotopic (exact) mass is 569 g/mol. The fourth-order valence-corrected chi connectivity index (χ4v) is 7.59. The number of carbonyl (C=O) groups is 3. The van der Waals surface area contributed by atoms with Crippen LogP contribution in [0.2, 0.25) is 0 Å². The van der Waals surface area contributed by atoms with Crippen LogP contribution in [-0.4, -0.2) is 93.3 Å². The Morgan fingerprint density at radius 2 is 1.71 bits per heavy atom. The number of phenols is 1. The zero-order valence-electron chi connectivity index (χ0n) is 23.9. The maximum absolute atomic E-state index is 14.1. The summed E-state index contributed by atoms with van der Waals surface area (Å²) in [7, 11) is 6.80. The summed E-state index contributed by atoms with van der Waals surface area (Å²) >= 11 is 0. The molecule has 0 bridgehead atoms. The molecule has 11 nitrogen and oxygen atoms in total. The van der Waals surface area contributed by atoms with E-state index in [-0.39, 0.29) is 29.7 Å². The maximum atomic E-state index is 14.1. The molecule has 2 saturated carbocycles. The Kier molecular flexibility index (Phi) is 6.99. The van der Waals surface area contributed by atoms with E-state index in [4.69, 9.17) is 5.73 Å². The minimum atomic E-state index is -2.67. The first-order chi connectivity index (χ1) is 19.1. The van der Waals surface area contributed by atoms with Gasteiger partial charge in [0.15, 0.2) is 11.4 Å². The second-order valence-corrected chi connectivity index (χ2v) is 12.5. The minimum Gasteiger partial charge on any atom is -0.508 e. The van der Waals surface area contributed by atoms with Crippen molar-refractivity contribution in [1.29, 1.82) is 0 Å². The van der Waals surface area contributed by atoms with Crippen LogP contribution in [0.15, 0.2) is 23.0 Å². The average molecular weight is 570 g/mol. The second kappa shape index (κ2) is 9.85. The molecule has 1 aromatic rings. The van der Waals surface area contributed by atoms with Gasteiger partial charge >= 0.3 is 0 Å². The summed E-state index contributed by atoms with van der Waals surface area (Å²) in [6.07, 6.45) is 4.29. The van der Waals surface area contributed by atoms with Crippen LogP contribution in [-0.2, 0) is 27.2 Å². The molecule has 0 aromatic heterocycles. The molecule has 0 aliphatic heterocycles. The Bertz CT molecular complexity index is 1400. The van der Waals surface area contributed by atoms with Crippen LogP contribution in [0, 0.1) is 11.8 Å². The standard InChI is InChI=1S/C30H39N3O8/c1-32(2)18-13-14(7-10-29(40)8-5-6-9-29)23(34)20-16(18)11-15-12-17-22(33(3)4)25(36)21(28(31)39)27(38)30(17,41)26(37)19(15)24(20)35/h13,15,17,22,34-35,38,40-41H,5-12H2,1-4H3,(H2,31,39). The molecule has 4 aliphatic carbocycles. The fraction of sp³-hybridized carbons (Fsp3) is 0.567. The SMILES string of the molecule is CN(C)c1cc(CCC2(O)CCCC2)c(O)c2c1CC1CC3C(N(C)C)C(=O)C(C(N)=O)=C(O)C3(O)C(=O)C1=C2O. The van der Waals surface area contributed by atoms with Gasteiger partial charge in [-0.15, -0.1) is 0 Å². The number of hydrogen-bond donors (Lipinski definition) is 6. The molecule has 222 valence electrons. The van der Waals surface area contributed by atoms with E-state index in [9.17, 15) is 39.9 Å². The first-order valence-electron chi connectivity index (χ1n) is 14.1. The number of likely N-dealkylation sites (N-methyl/N-ethyl adjacent to an activating group) is 1. The van der Waals surface area contributed by atoms with Crippen molar-refractivity contribution in [2.75, 3.05) is 33.1 Å². The van der Waals surface area contributed by atoms with Crippen LogP contribution < -0.4 is 10.6 Å². The number of hydrogen-bond acceptors (Lipinski definition) is 10. The Morgan fingerprint density at radius 1 is 1.07 bits per heavy atom. The summed E-state index contributed by atoms with van der Waals surface area (Å²) in [5, 5.41) is 56.7. The molecule has 4 aliphatic rings. The lowest BCUT2D eigenvalue weighted by molar-refractivity contribution is -0.153. The Labute approximate surface area is 238 Å². The zero-order valence-corrected chi connectivity index (χ0v) is 23.9. The third-order valence-corrected chi connectivity index (χ3v) is 9.65. The van der Waals surface area contributed by atoms with E-state index >= 15 is 0 Å². The highest BCUT2D eigenvalue weighted by atomic mass is 16.3. The maximum Gasteiger partial charge on any atom is 0.255 e.